The van der Waals surface area contributed by atoms with Crippen molar-refractivity contribution in [2.75, 3.05) is 11.9 Å². The molecule has 2 aromatic rings. The summed E-state index contributed by atoms with van der Waals surface area (Å²) in [4.78, 5) is 35.8. The van der Waals surface area contributed by atoms with Crippen LogP contribution in [0.2, 0.25) is 0 Å². The van der Waals surface area contributed by atoms with Crippen LogP contribution in [0.15, 0.2) is 24.4 Å². The second-order valence-electron chi connectivity index (χ2n) is 6.22. The van der Waals surface area contributed by atoms with Crippen molar-refractivity contribution >= 4 is 28.3 Å². The van der Waals surface area contributed by atoms with E-state index in [2.05, 4.69) is 15.3 Å². The summed E-state index contributed by atoms with van der Waals surface area (Å²) in [6.45, 7) is 5.37. The van der Waals surface area contributed by atoms with E-state index in [1.165, 1.54) is 11.3 Å². The first-order valence-electron chi connectivity index (χ1n) is 8.01. The molecule has 0 saturated heterocycles. The highest BCUT2D eigenvalue weighted by Crippen LogP contribution is 2.29. The molecule has 6 nitrogen and oxygen atoms in total. The van der Waals surface area contributed by atoms with Crippen molar-refractivity contribution in [3.63, 3.8) is 0 Å². The fourth-order valence-electron chi connectivity index (χ4n) is 2.60. The Hall–Kier alpha value is -2.28. The van der Waals surface area contributed by atoms with Crippen LogP contribution in [-0.4, -0.2) is 33.2 Å². The van der Waals surface area contributed by atoms with E-state index in [9.17, 15) is 9.59 Å². The molecule has 0 saturated carbocycles. The van der Waals surface area contributed by atoms with Gasteiger partial charge < -0.3 is 4.90 Å². The lowest BCUT2D eigenvalue weighted by Crippen LogP contribution is -2.36. The van der Waals surface area contributed by atoms with Gasteiger partial charge in [0.05, 0.1) is 12.2 Å². The van der Waals surface area contributed by atoms with E-state index in [0.29, 0.717) is 36.3 Å². The Morgan fingerprint density at radius 2 is 2.21 bits per heavy atom. The van der Waals surface area contributed by atoms with E-state index in [4.69, 9.17) is 0 Å². The van der Waals surface area contributed by atoms with E-state index in [1.54, 1.807) is 24.4 Å². The largest absolute Gasteiger partial charge is 0.337 e. The minimum Gasteiger partial charge on any atom is -0.337 e. The first-order chi connectivity index (χ1) is 11.5. The topological polar surface area (TPSA) is 75.2 Å². The number of fused-ring (bicyclic) bond motifs is 1. The van der Waals surface area contributed by atoms with E-state index < -0.39 is 0 Å². The van der Waals surface area contributed by atoms with Crippen LogP contribution in [0.5, 0.6) is 0 Å². The smallest absolute Gasteiger partial charge is 0.276 e. The molecule has 0 atom stereocenters. The molecule has 1 aliphatic rings. The summed E-state index contributed by atoms with van der Waals surface area (Å²) in [6.07, 6.45) is 2.88. The number of nitrogens with one attached hydrogen (secondary N) is 1. The summed E-state index contributed by atoms with van der Waals surface area (Å²) >= 11 is 1.43. The average molecular weight is 344 g/mol. The van der Waals surface area contributed by atoms with Crippen molar-refractivity contribution in [1.82, 2.24) is 14.9 Å². The van der Waals surface area contributed by atoms with Gasteiger partial charge in [0.2, 0.25) is 5.91 Å². The van der Waals surface area contributed by atoms with Crippen LogP contribution in [0.3, 0.4) is 0 Å². The summed E-state index contributed by atoms with van der Waals surface area (Å²) in [5.74, 6) is 0.270. The van der Waals surface area contributed by atoms with Gasteiger partial charge >= 0.3 is 0 Å². The van der Waals surface area contributed by atoms with Crippen molar-refractivity contribution in [3.8, 4) is 0 Å². The number of amides is 2. The summed E-state index contributed by atoms with van der Waals surface area (Å²) < 4.78 is 0. The lowest BCUT2D eigenvalue weighted by Gasteiger charge is -2.26. The molecule has 2 aromatic heterocycles. The second-order valence-corrected chi connectivity index (χ2v) is 7.30. The monoisotopic (exact) mass is 344 g/mol. The van der Waals surface area contributed by atoms with E-state index >= 15 is 0 Å². The lowest BCUT2D eigenvalue weighted by molar-refractivity contribution is -0.132. The molecular formula is C17H20N4O2S. The summed E-state index contributed by atoms with van der Waals surface area (Å²) in [6, 6.07) is 5.20. The Balaban J connectivity index is 1.67. The second kappa shape index (κ2) is 7.09. The number of nitrogens with zero attached hydrogens (tertiary/aromatic N) is 3. The highest BCUT2D eigenvalue weighted by Gasteiger charge is 2.25. The number of hydrogen-bond donors (Lipinski definition) is 1. The van der Waals surface area contributed by atoms with Crippen LogP contribution in [0.4, 0.5) is 5.13 Å². The highest BCUT2D eigenvalue weighted by molar-refractivity contribution is 7.15. The van der Waals surface area contributed by atoms with Crippen molar-refractivity contribution in [2.45, 2.75) is 33.2 Å². The standard InChI is InChI=1S/C17H20N4O2S/c1-11(2)9-15(22)21-8-6-12-14(10-21)24-17(19-12)20-16(23)13-5-3-4-7-18-13/h3-5,7,11H,6,8-10H2,1-2H3,(H,19,20,23). The third-order valence-electron chi connectivity index (χ3n) is 3.78. The SMILES string of the molecule is CC(C)CC(=O)N1CCc2nc(NC(=O)c3ccccn3)sc2C1. The molecule has 1 aliphatic heterocycles. The molecule has 126 valence electrons. The zero-order valence-electron chi connectivity index (χ0n) is 13.8. The molecule has 2 amide bonds. The van der Waals surface area contributed by atoms with Crippen molar-refractivity contribution < 1.29 is 9.59 Å². The van der Waals surface area contributed by atoms with Gasteiger partial charge in [-0.2, -0.15) is 0 Å². The third kappa shape index (κ3) is 3.79. The average Bonchev–Trinajstić information content (AvgIpc) is 2.96. The fraction of sp³-hybridized carbons (Fsp3) is 0.412. The zero-order chi connectivity index (χ0) is 17.1. The Morgan fingerprint density at radius 1 is 1.38 bits per heavy atom. The lowest BCUT2D eigenvalue weighted by atomic mass is 10.1. The number of pyridine rings is 1. The molecule has 3 rings (SSSR count). The van der Waals surface area contributed by atoms with Gasteiger partial charge in [0.25, 0.3) is 5.91 Å². The maximum atomic E-state index is 12.2. The van der Waals surface area contributed by atoms with Gasteiger partial charge in [-0.25, -0.2) is 4.98 Å². The molecule has 0 aromatic carbocycles. The highest BCUT2D eigenvalue weighted by atomic mass is 32.1. The minimum atomic E-state index is -0.269. The van der Waals surface area contributed by atoms with Gasteiger partial charge in [0, 0.05) is 30.5 Å². The molecular weight excluding hydrogens is 324 g/mol. The number of carbonyl (C=O) groups is 2. The number of rotatable bonds is 4. The Bertz CT molecular complexity index is 742. The Kier molecular flexibility index (Phi) is 4.89. The molecule has 0 radical (unpaired) electrons. The predicted molar refractivity (Wildman–Crippen MR) is 92.9 cm³/mol. The maximum Gasteiger partial charge on any atom is 0.276 e. The van der Waals surface area contributed by atoms with Gasteiger partial charge in [-0.3, -0.25) is 19.9 Å². The van der Waals surface area contributed by atoms with Gasteiger partial charge in [-0.15, -0.1) is 0 Å². The summed E-state index contributed by atoms with van der Waals surface area (Å²) in [7, 11) is 0. The van der Waals surface area contributed by atoms with Crippen LogP contribution >= 0.6 is 11.3 Å². The van der Waals surface area contributed by atoms with Crippen molar-refractivity contribution in [1.29, 1.82) is 0 Å². The van der Waals surface area contributed by atoms with Crippen molar-refractivity contribution in [2.24, 2.45) is 5.92 Å². The van der Waals surface area contributed by atoms with Gasteiger partial charge in [-0.1, -0.05) is 31.3 Å². The molecule has 1 N–H and O–H groups in total. The van der Waals surface area contributed by atoms with Gasteiger partial charge in [0.1, 0.15) is 5.69 Å². The number of carbonyl (C=O) groups excluding carboxylic acids is 2. The van der Waals surface area contributed by atoms with E-state index in [-0.39, 0.29) is 11.8 Å². The molecule has 0 fully saturated rings. The molecule has 7 heteroatoms. The van der Waals surface area contributed by atoms with Crippen LogP contribution in [0.1, 0.15) is 41.3 Å². The zero-order valence-corrected chi connectivity index (χ0v) is 14.6. The van der Waals surface area contributed by atoms with Gasteiger partial charge in [-0.05, 0) is 18.1 Å². The van der Waals surface area contributed by atoms with Crippen LogP contribution < -0.4 is 5.32 Å². The molecule has 0 bridgehead atoms. The van der Waals surface area contributed by atoms with E-state index in [0.717, 1.165) is 17.0 Å². The molecule has 0 spiro atoms. The first kappa shape index (κ1) is 16.6. The first-order valence-corrected chi connectivity index (χ1v) is 8.83. The molecule has 24 heavy (non-hydrogen) atoms. The number of hydrogen-bond acceptors (Lipinski definition) is 5. The van der Waals surface area contributed by atoms with Crippen molar-refractivity contribution in [3.05, 3.63) is 40.7 Å². The fourth-order valence-corrected chi connectivity index (χ4v) is 3.62. The molecule has 3 heterocycles. The predicted octanol–water partition coefficient (Wildman–Crippen LogP) is 2.72. The quantitative estimate of drug-likeness (QED) is 0.925. The molecule has 0 aliphatic carbocycles. The number of anilines is 1. The third-order valence-corrected chi connectivity index (χ3v) is 4.78. The molecule has 0 unspecified atom stereocenters. The maximum absolute atomic E-state index is 12.2. The van der Waals surface area contributed by atoms with E-state index in [1.807, 2.05) is 18.7 Å². The van der Waals surface area contributed by atoms with Crippen LogP contribution in [0.25, 0.3) is 0 Å². The number of aromatic nitrogens is 2. The van der Waals surface area contributed by atoms with Gasteiger partial charge in [0.15, 0.2) is 5.13 Å². The summed E-state index contributed by atoms with van der Waals surface area (Å²) in [5.41, 5.74) is 1.34. The Morgan fingerprint density at radius 3 is 2.92 bits per heavy atom. The normalized spacial score (nSPS) is 13.7. The Labute approximate surface area is 144 Å². The van der Waals surface area contributed by atoms with Crippen LogP contribution in [-0.2, 0) is 17.8 Å². The van der Waals surface area contributed by atoms with Crippen LogP contribution in [0, 0.1) is 5.92 Å². The summed E-state index contributed by atoms with van der Waals surface area (Å²) in [5, 5.41) is 3.36. The number of thiazole rings is 1. The minimum absolute atomic E-state index is 0.183.